The van der Waals surface area contributed by atoms with E-state index >= 15 is 0 Å². The van der Waals surface area contributed by atoms with Crippen molar-refractivity contribution in [2.75, 3.05) is 5.73 Å². The Morgan fingerprint density at radius 3 is 2.43 bits per heavy atom. The van der Waals surface area contributed by atoms with E-state index in [1.165, 1.54) is 0 Å². The zero-order valence-corrected chi connectivity index (χ0v) is 13.7. The maximum Gasteiger partial charge on any atom is 0.176 e. The van der Waals surface area contributed by atoms with Crippen molar-refractivity contribution < 1.29 is 4.52 Å². The van der Waals surface area contributed by atoms with Crippen LogP contribution in [0, 0.1) is 0 Å². The van der Waals surface area contributed by atoms with Crippen LogP contribution in [0.2, 0.25) is 10.0 Å². The van der Waals surface area contributed by atoms with E-state index in [4.69, 9.17) is 33.5 Å². The summed E-state index contributed by atoms with van der Waals surface area (Å²) >= 11 is 15.6. The summed E-state index contributed by atoms with van der Waals surface area (Å²) in [5.74, 6) is 0.862. The van der Waals surface area contributed by atoms with Gasteiger partial charge in [0.25, 0.3) is 0 Å². The van der Waals surface area contributed by atoms with Crippen LogP contribution < -0.4 is 5.73 Å². The second-order valence-corrected chi connectivity index (χ2v) is 6.16. The van der Waals surface area contributed by atoms with Crippen LogP contribution in [0.3, 0.4) is 0 Å². The topological polar surface area (TPSA) is 52.0 Å². The smallest absolute Gasteiger partial charge is 0.176 e. The molecule has 0 fully saturated rings. The third-order valence-electron chi connectivity index (χ3n) is 3.03. The van der Waals surface area contributed by atoms with E-state index in [-0.39, 0.29) is 5.82 Å². The molecular formula is C15H9BrCl2N2O. The van der Waals surface area contributed by atoms with Crippen molar-refractivity contribution in [3.8, 4) is 22.5 Å². The lowest BCUT2D eigenvalue weighted by Gasteiger charge is -2.06. The predicted octanol–water partition coefficient (Wildman–Crippen LogP) is 5.66. The maximum atomic E-state index is 6.26. The summed E-state index contributed by atoms with van der Waals surface area (Å²) in [6.07, 6.45) is 0. The summed E-state index contributed by atoms with van der Waals surface area (Å²) in [4.78, 5) is 0. The Morgan fingerprint density at radius 1 is 1.05 bits per heavy atom. The number of hydrogen-bond acceptors (Lipinski definition) is 3. The molecule has 0 aliphatic heterocycles. The highest BCUT2D eigenvalue weighted by Gasteiger charge is 2.19. The molecule has 0 spiro atoms. The van der Waals surface area contributed by atoms with Gasteiger partial charge < -0.3 is 10.3 Å². The Labute approximate surface area is 139 Å². The van der Waals surface area contributed by atoms with Crippen LogP contribution >= 0.6 is 39.1 Å². The summed E-state index contributed by atoms with van der Waals surface area (Å²) in [6, 6.07) is 12.9. The highest BCUT2D eigenvalue weighted by atomic mass is 79.9. The van der Waals surface area contributed by atoms with Gasteiger partial charge in [-0.2, -0.15) is 0 Å². The van der Waals surface area contributed by atoms with E-state index in [2.05, 4.69) is 21.1 Å². The van der Waals surface area contributed by atoms with Crippen molar-refractivity contribution in [3.05, 3.63) is 57.0 Å². The quantitative estimate of drug-likeness (QED) is 0.621. The van der Waals surface area contributed by atoms with Crippen LogP contribution in [0.4, 0.5) is 5.82 Å². The van der Waals surface area contributed by atoms with Crippen molar-refractivity contribution in [1.82, 2.24) is 5.16 Å². The van der Waals surface area contributed by atoms with Crippen LogP contribution in [0.15, 0.2) is 51.5 Å². The molecule has 106 valence electrons. The van der Waals surface area contributed by atoms with Crippen LogP contribution in [0.5, 0.6) is 0 Å². The first-order valence-corrected chi connectivity index (χ1v) is 7.57. The summed E-state index contributed by atoms with van der Waals surface area (Å²) in [5, 5.41) is 4.91. The first kappa shape index (κ1) is 14.4. The number of rotatable bonds is 2. The predicted molar refractivity (Wildman–Crippen MR) is 89.5 cm³/mol. The number of benzene rings is 2. The van der Waals surface area contributed by atoms with Gasteiger partial charge in [-0.25, -0.2) is 0 Å². The first-order valence-electron chi connectivity index (χ1n) is 6.03. The second kappa shape index (κ2) is 5.72. The average molecular weight is 384 g/mol. The number of nitrogen functional groups attached to an aromatic ring is 1. The van der Waals surface area contributed by atoms with Crippen molar-refractivity contribution in [3.63, 3.8) is 0 Å². The number of anilines is 1. The molecule has 0 amide bonds. The highest BCUT2D eigenvalue weighted by Crippen LogP contribution is 2.40. The standard InChI is InChI=1S/C15H9BrCl2N2O/c16-9-3-1-8(2-4-9)14-13(15(19)20-21-14)11-6-5-10(17)7-12(11)18/h1-7H,(H2,19,20). The maximum absolute atomic E-state index is 6.26. The number of nitrogens with zero attached hydrogens (tertiary/aromatic N) is 1. The first-order chi connectivity index (χ1) is 10.1. The Bertz CT molecular complexity index is 800. The Morgan fingerprint density at radius 2 is 1.76 bits per heavy atom. The Hall–Kier alpha value is -1.49. The third kappa shape index (κ3) is 2.79. The lowest BCUT2D eigenvalue weighted by Crippen LogP contribution is -1.89. The molecule has 0 radical (unpaired) electrons. The SMILES string of the molecule is Nc1noc(-c2ccc(Br)cc2)c1-c1ccc(Cl)cc1Cl. The van der Waals surface area contributed by atoms with Crippen molar-refractivity contribution in [2.45, 2.75) is 0 Å². The Kier molecular flexibility index (Phi) is 3.93. The summed E-state index contributed by atoms with van der Waals surface area (Å²) in [7, 11) is 0. The number of hydrogen-bond donors (Lipinski definition) is 1. The van der Waals surface area contributed by atoms with Crippen molar-refractivity contribution in [1.29, 1.82) is 0 Å². The van der Waals surface area contributed by atoms with E-state index in [0.717, 1.165) is 15.6 Å². The summed E-state index contributed by atoms with van der Waals surface area (Å²) in [6.45, 7) is 0. The zero-order chi connectivity index (χ0) is 15.0. The normalized spacial score (nSPS) is 10.8. The van der Waals surface area contributed by atoms with Gasteiger partial charge in [-0.1, -0.05) is 50.4 Å². The lowest BCUT2D eigenvalue weighted by atomic mass is 10.0. The monoisotopic (exact) mass is 382 g/mol. The highest BCUT2D eigenvalue weighted by molar-refractivity contribution is 9.10. The molecule has 3 aromatic rings. The van der Waals surface area contributed by atoms with Crippen molar-refractivity contribution in [2.24, 2.45) is 0 Å². The molecule has 2 aromatic carbocycles. The molecule has 0 aliphatic carbocycles. The van der Waals surface area contributed by atoms with Gasteiger partial charge in [-0.05, 0) is 36.4 Å². The largest absolute Gasteiger partial charge is 0.380 e. The lowest BCUT2D eigenvalue weighted by molar-refractivity contribution is 0.436. The van der Waals surface area contributed by atoms with Gasteiger partial charge in [0, 0.05) is 20.6 Å². The number of halogens is 3. The molecule has 1 aromatic heterocycles. The molecule has 0 atom stereocenters. The van der Waals surface area contributed by atoms with E-state index in [9.17, 15) is 0 Å². The van der Waals surface area contributed by atoms with E-state index in [1.807, 2.05) is 24.3 Å². The van der Waals surface area contributed by atoms with E-state index < -0.39 is 0 Å². The minimum Gasteiger partial charge on any atom is -0.380 e. The van der Waals surface area contributed by atoms with Crippen LogP contribution in [-0.4, -0.2) is 5.16 Å². The van der Waals surface area contributed by atoms with Crippen LogP contribution in [-0.2, 0) is 0 Å². The van der Waals surface area contributed by atoms with Gasteiger partial charge >= 0.3 is 0 Å². The minimum atomic E-state index is 0.289. The number of nitrogens with two attached hydrogens (primary N) is 1. The second-order valence-electron chi connectivity index (χ2n) is 4.40. The summed E-state index contributed by atoms with van der Waals surface area (Å²) in [5.41, 5.74) is 8.21. The molecule has 1 heterocycles. The molecule has 0 saturated carbocycles. The van der Waals surface area contributed by atoms with Crippen molar-refractivity contribution >= 4 is 44.9 Å². The minimum absolute atomic E-state index is 0.289. The third-order valence-corrected chi connectivity index (χ3v) is 4.10. The van der Waals surface area contributed by atoms with E-state index in [1.54, 1.807) is 18.2 Å². The zero-order valence-electron chi connectivity index (χ0n) is 10.6. The van der Waals surface area contributed by atoms with Gasteiger partial charge in [0.15, 0.2) is 11.6 Å². The van der Waals surface area contributed by atoms with Gasteiger partial charge in [0.2, 0.25) is 0 Å². The van der Waals surface area contributed by atoms with Crippen LogP contribution in [0.25, 0.3) is 22.5 Å². The number of aromatic nitrogens is 1. The molecule has 3 nitrogen and oxygen atoms in total. The van der Waals surface area contributed by atoms with Gasteiger partial charge in [-0.15, -0.1) is 0 Å². The summed E-state index contributed by atoms with van der Waals surface area (Å²) < 4.78 is 6.36. The van der Waals surface area contributed by atoms with Crippen LogP contribution in [0.1, 0.15) is 0 Å². The molecule has 0 unspecified atom stereocenters. The molecular weight excluding hydrogens is 375 g/mol. The van der Waals surface area contributed by atoms with Gasteiger partial charge in [0.05, 0.1) is 10.6 Å². The molecule has 21 heavy (non-hydrogen) atoms. The van der Waals surface area contributed by atoms with E-state index in [0.29, 0.717) is 21.4 Å². The fraction of sp³-hybridized carbons (Fsp3) is 0. The molecule has 6 heteroatoms. The van der Waals surface area contributed by atoms with Gasteiger partial charge in [0.1, 0.15) is 0 Å². The fourth-order valence-electron chi connectivity index (χ4n) is 2.05. The van der Waals surface area contributed by atoms with Gasteiger partial charge in [-0.3, -0.25) is 0 Å². The molecule has 0 saturated heterocycles. The fourth-order valence-corrected chi connectivity index (χ4v) is 2.82. The Balaban J connectivity index is 2.19. The molecule has 2 N–H and O–H groups in total. The average Bonchev–Trinajstić information content (AvgIpc) is 2.82. The molecule has 0 aliphatic rings. The molecule has 0 bridgehead atoms. The molecule has 3 rings (SSSR count).